The molecule has 163 valence electrons. The number of nitrogens with two attached hydrogens (primary N) is 1. The van der Waals surface area contributed by atoms with E-state index in [0.29, 0.717) is 25.1 Å². The molecule has 3 heterocycles. The molecule has 0 spiro atoms. The topological polar surface area (TPSA) is 86.9 Å². The molecule has 1 aromatic rings. The summed E-state index contributed by atoms with van der Waals surface area (Å²) in [5.41, 5.74) is 6.60. The van der Waals surface area contributed by atoms with Crippen molar-refractivity contribution in [2.24, 2.45) is 5.73 Å². The number of hydrogen-bond donors (Lipinski definition) is 1. The lowest BCUT2D eigenvalue weighted by Gasteiger charge is -2.35. The Hall–Kier alpha value is -1.64. The smallest absolute Gasteiger partial charge is 0.305 e. The second-order valence-electron chi connectivity index (χ2n) is 9.35. The van der Waals surface area contributed by atoms with E-state index in [1.807, 2.05) is 12.1 Å². The van der Waals surface area contributed by atoms with Gasteiger partial charge in [-0.1, -0.05) is 12.1 Å². The molecular formula is C22H31N4O3S. The zero-order valence-corrected chi connectivity index (χ0v) is 18.2. The Balaban J connectivity index is 1.36. The van der Waals surface area contributed by atoms with Crippen molar-refractivity contribution in [3.63, 3.8) is 0 Å². The molecule has 1 atom stereocenters. The fourth-order valence-electron chi connectivity index (χ4n) is 5.48. The van der Waals surface area contributed by atoms with E-state index >= 15 is 0 Å². The number of anilines is 1. The molecule has 5 rings (SSSR count). The summed E-state index contributed by atoms with van der Waals surface area (Å²) < 4.78 is 29.0. The number of benzene rings is 1. The number of carbonyl (C=O) groups excluding carboxylic acids is 1. The van der Waals surface area contributed by atoms with Crippen LogP contribution in [0.25, 0.3) is 0 Å². The van der Waals surface area contributed by atoms with Crippen molar-refractivity contribution in [1.82, 2.24) is 9.21 Å². The zero-order chi connectivity index (χ0) is 21.0. The van der Waals surface area contributed by atoms with Gasteiger partial charge in [0.25, 0.3) is 0 Å². The van der Waals surface area contributed by atoms with Gasteiger partial charge in [-0.2, -0.15) is 12.7 Å². The van der Waals surface area contributed by atoms with Gasteiger partial charge in [0.05, 0.1) is 12.2 Å². The fraction of sp³-hybridized carbons (Fsp3) is 0.636. The number of hydrogen-bond acceptors (Lipinski definition) is 4. The molecule has 0 bridgehead atoms. The predicted molar refractivity (Wildman–Crippen MR) is 116 cm³/mol. The Bertz CT molecular complexity index is 922. The van der Waals surface area contributed by atoms with Crippen LogP contribution >= 0.6 is 0 Å². The molecule has 2 N–H and O–H groups in total. The lowest BCUT2D eigenvalue weighted by molar-refractivity contribution is -0.125. The van der Waals surface area contributed by atoms with Crippen molar-refractivity contribution in [2.45, 2.75) is 55.9 Å². The van der Waals surface area contributed by atoms with Crippen LogP contribution in [0.2, 0.25) is 0 Å². The molecule has 1 amide bonds. The molecule has 0 aromatic heterocycles. The summed E-state index contributed by atoms with van der Waals surface area (Å²) in [6, 6.07) is 7.96. The first-order valence-electron chi connectivity index (χ1n) is 11.2. The Kier molecular flexibility index (Phi) is 4.87. The third-order valence-corrected chi connectivity index (χ3v) is 9.55. The van der Waals surface area contributed by atoms with Crippen molar-refractivity contribution in [2.75, 3.05) is 37.0 Å². The van der Waals surface area contributed by atoms with Gasteiger partial charge in [0.1, 0.15) is 5.54 Å². The maximum absolute atomic E-state index is 13.2. The summed E-state index contributed by atoms with van der Waals surface area (Å²) in [5, 5.41) is 0. The summed E-state index contributed by atoms with van der Waals surface area (Å²) in [6.07, 6.45) is 9.39. The summed E-state index contributed by atoms with van der Waals surface area (Å²) in [4.78, 5) is 14.8. The van der Waals surface area contributed by atoms with Crippen molar-refractivity contribution in [1.29, 1.82) is 0 Å². The highest BCUT2D eigenvalue weighted by molar-refractivity contribution is 7.90. The van der Waals surface area contributed by atoms with Crippen molar-refractivity contribution >= 4 is 21.8 Å². The maximum atomic E-state index is 13.2. The van der Waals surface area contributed by atoms with Crippen LogP contribution in [0.1, 0.15) is 50.5 Å². The van der Waals surface area contributed by atoms with Gasteiger partial charge in [-0.05, 0) is 94.1 Å². The third kappa shape index (κ3) is 3.15. The SMILES string of the molecule is NC(=O)[C@]12[CH]CCCN1S(=O)(=O)N(c1ccc(C3(CCN4CCCC4)CC3)cc1)C2. The van der Waals surface area contributed by atoms with Gasteiger partial charge in [0.2, 0.25) is 5.91 Å². The molecule has 1 aromatic carbocycles. The number of carbonyl (C=O) groups is 1. The molecule has 1 radical (unpaired) electrons. The van der Waals surface area contributed by atoms with E-state index < -0.39 is 21.7 Å². The number of fused-ring (bicyclic) bond motifs is 1. The molecular weight excluding hydrogens is 400 g/mol. The molecule has 3 aliphatic heterocycles. The first-order chi connectivity index (χ1) is 14.4. The van der Waals surface area contributed by atoms with E-state index in [2.05, 4.69) is 17.0 Å². The number of rotatable bonds is 6. The van der Waals surface area contributed by atoms with Crippen molar-refractivity contribution in [3.05, 3.63) is 36.2 Å². The number of likely N-dealkylation sites (tertiary alicyclic amines) is 1. The Morgan fingerprint density at radius 1 is 1.03 bits per heavy atom. The van der Waals surface area contributed by atoms with Crippen LogP contribution in [0.3, 0.4) is 0 Å². The number of nitrogens with zero attached hydrogens (tertiary/aromatic N) is 3. The fourth-order valence-corrected chi connectivity index (χ4v) is 7.46. The van der Waals surface area contributed by atoms with Gasteiger partial charge in [-0.25, -0.2) is 0 Å². The average molecular weight is 432 g/mol. The Morgan fingerprint density at radius 3 is 2.33 bits per heavy atom. The van der Waals surface area contributed by atoms with Crippen molar-refractivity contribution in [3.8, 4) is 0 Å². The van der Waals surface area contributed by atoms with E-state index in [9.17, 15) is 13.2 Å². The summed E-state index contributed by atoms with van der Waals surface area (Å²) in [6.45, 7) is 3.97. The molecule has 4 fully saturated rings. The Labute approximate surface area is 179 Å². The van der Waals surface area contributed by atoms with Gasteiger partial charge in [0.15, 0.2) is 0 Å². The van der Waals surface area contributed by atoms with Gasteiger partial charge < -0.3 is 10.6 Å². The lowest BCUT2D eigenvalue weighted by atomic mass is 9.88. The molecule has 4 aliphatic rings. The summed E-state index contributed by atoms with van der Waals surface area (Å²) in [5.74, 6) is -0.594. The average Bonchev–Trinajstić information content (AvgIpc) is 3.25. The van der Waals surface area contributed by atoms with Crippen LogP contribution < -0.4 is 10.0 Å². The first-order valence-corrected chi connectivity index (χ1v) is 12.5. The largest absolute Gasteiger partial charge is 0.368 e. The van der Waals surface area contributed by atoms with Crippen LogP contribution in [0.5, 0.6) is 0 Å². The minimum atomic E-state index is -3.77. The molecule has 1 saturated carbocycles. The minimum absolute atomic E-state index is 0.0596. The van der Waals surface area contributed by atoms with Gasteiger partial charge >= 0.3 is 10.2 Å². The number of amides is 1. The van der Waals surface area contributed by atoms with E-state index in [-0.39, 0.29) is 12.0 Å². The van der Waals surface area contributed by atoms with Crippen LogP contribution in [0.4, 0.5) is 5.69 Å². The van der Waals surface area contributed by atoms with E-state index in [1.54, 1.807) is 6.42 Å². The van der Waals surface area contributed by atoms with Gasteiger partial charge in [-0.3, -0.25) is 9.10 Å². The van der Waals surface area contributed by atoms with Crippen LogP contribution in [-0.2, 0) is 20.4 Å². The summed E-state index contributed by atoms with van der Waals surface area (Å²) in [7, 11) is -3.77. The Morgan fingerprint density at radius 2 is 1.73 bits per heavy atom. The minimum Gasteiger partial charge on any atom is -0.368 e. The monoisotopic (exact) mass is 431 g/mol. The molecule has 1 aliphatic carbocycles. The van der Waals surface area contributed by atoms with Crippen LogP contribution in [0, 0.1) is 6.42 Å². The predicted octanol–water partition coefficient (Wildman–Crippen LogP) is 1.79. The van der Waals surface area contributed by atoms with Crippen LogP contribution in [0.15, 0.2) is 24.3 Å². The molecule has 8 heteroatoms. The number of primary amides is 1. The molecule has 30 heavy (non-hydrogen) atoms. The van der Waals surface area contributed by atoms with E-state index in [0.717, 1.165) is 6.54 Å². The standard InChI is InChI=1S/C22H31N4O3S/c23-20(27)22-9-1-2-15-26(22)30(28,29)25(17-22)19-7-5-18(6-8-19)21(10-11-21)12-16-24-13-3-4-14-24/h5-9H,1-4,10-17H2,(H2,23,27)/t22-/m1/s1. The third-order valence-electron chi connectivity index (χ3n) is 7.59. The molecule has 7 nitrogen and oxygen atoms in total. The highest BCUT2D eigenvalue weighted by Gasteiger charge is 2.59. The second kappa shape index (κ2) is 7.21. The van der Waals surface area contributed by atoms with Crippen molar-refractivity contribution < 1.29 is 13.2 Å². The molecule has 0 unspecified atom stereocenters. The number of piperidine rings is 1. The van der Waals surface area contributed by atoms with Gasteiger partial charge in [0, 0.05) is 6.54 Å². The summed E-state index contributed by atoms with van der Waals surface area (Å²) >= 11 is 0. The maximum Gasteiger partial charge on any atom is 0.305 e. The lowest BCUT2D eigenvalue weighted by Crippen LogP contribution is -2.59. The second-order valence-corrected chi connectivity index (χ2v) is 11.1. The highest BCUT2D eigenvalue weighted by atomic mass is 32.2. The van der Waals surface area contributed by atoms with Gasteiger partial charge in [-0.15, -0.1) is 0 Å². The van der Waals surface area contributed by atoms with E-state index in [4.69, 9.17) is 5.73 Å². The zero-order valence-electron chi connectivity index (χ0n) is 17.4. The molecule has 3 saturated heterocycles. The quantitative estimate of drug-likeness (QED) is 0.744. The van der Waals surface area contributed by atoms with Crippen LogP contribution in [-0.4, -0.2) is 61.8 Å². The van der Waals surface area contributed by atoms with E-state index in [1.165, 1.54) is 59.4 Å². The highest BCUT2D eigenvalue weighted by Crippen LogP contribution is 2.51. The first kappa shape index (κ1) is 20.3. The normalized spacial score (nSPS) is 30.3.